The van der Waals surface area contributed by atoms with Gasteiger partial charge in [0.25, 0.3) is 0 Å². The van der Waals surface area contributed by atoms with E-state index in [0.717, 1.165) is 12.8 Å². The van der Waals surface area contributed by atoms with Gasteiger partial charge in [0, 0.05) is 17.3 Å². The second-order valence-electron chi connectivity index (χ2n) is 6.64. The third kappa shape index (κ3) is 3.67. The molecule has 1 saturated heterocycles. The molecule has 0 bridgehead atoms. The van der Waals surface area contributed by atoms with Crippen LogP contribution in [0.4, 0.5) is 0 Å². The Balaban J connectivity index is 2.07. The monoisotopic (exact) mass is 244 g/mol. The highest BCUT2D eigenvalue weighted by Crippen LogP contribution is 2.30. The minimum absolute atomic E-state index is 0.167. The molecule has 0 aliphatic carbocycles. The largest absolute Gasteiger partial charge is 0.307 e. The van der Waals surface area contributed by atoms with Crippen LogP contribution >= 0.6 is 0 Å². The predicted octanol–water partition coefficient (Wildman–Crippen LogP) is 3.41. The molecule has 1 aromatic rings. The molecule has 0 atom stereocenters. The summed E-state index contributed by atoms with van der Waals surface area (Å²) < 4.78 is 0. The smallest absolute Gasteiger partial charge is 0.0534 e. The fourth-order valence-corrected chi connectivity index (χ4v) is 3.10. The fourth-order valence-electron chi connectivity index (χ4n) is 3.10. The van der Waals surface area contributed by atoms with Crippen LogP contribution < -0.4 is 5.32 Å². The van der Waals surface area contributed by atoms with Gasteiger partial charge < -0.3 is 5.32 Å². The van der Waals surface area contributed by atoms with E-state index < -0.39 is 0 Å². The first-order chi connectivity index (χ1) is 8.36. The van der Waals surface area contributed by atoms with E-state index >= 15 is 0 Å². The van der Waals surface area contributed by atoms with Crippen molar-refractivity contribution < 1.29 is 0 Å². The lowest BCUT2D eigenvalue weighted by atomic mass is 9.80. The Hall–Kier alpha value is -1.15. The third-order valence-electron chi connectivity index (χ3n) is 3.40. The molecule has 98 valence electrons. The molecule has 2 rings (SSSR count). The number of piperidine rings is 1. The van der Waals surface area contributed by atoms with E-state index in [2.05, 4.69) is 57.3 Å². The van der Waals surface area contributed by atoms with Crippen molar-refractivity contribution in [1.82, 2.24) is 5.32 Å². The SMILES string of the molecule is CC1(C)CC(N=Cc2ccccc2)CC(C)(C)N1. The minimum Gasteiger partial charge on any atom is -0.307 e. The molecule has 1 aliphatic heterocycles. The summed E-state index contributed by atoms with van der Waals surface area (Å²) in [5.74, 6) is 0. The summed E-state index contributed by atoms with van der Waals surface area (Å²) in [5.41, 5.74) is 1.52. The minimum atomic E-state index is 0.167. The van der Waals surface area contributed by atoms with Gasteiger partial charge in [0.1, 0.15) is 0 Å². The van der Waals surface area contributed by atoms with Crippen LogP contribution in [-0.4, -0.2) is 23.3 Å². The summed E-state index contributed by atoms with van der Waals surface area (Å²) in [6.45, 7) is 9.05. The number of rotatable bonds is 2. The number of nitrogens with one attached hydrogen (secondary N) is 1. The Morgan fingerprint density at radius 1 is 1.06 bits per heavy atom. The topological polar surface area (TPSA) is 24.4 Å². The second kappa shape index (κ2) is 4.85. The molecule has 0 aromatic heterocycles. The molecular weight excluding hydrogens is 220 g/mol. The normalized spacial score (nSPS) is 23.3. The Morgan fingerprint density at radius 2 is 1.61 bits per heavy atom. The van der Waals surface area contributed by atoms with Crippen LogP contribution in [0.1, 0.15) is 46.1 Å². The molecule has 1 aromatic carbocycles. The Kier molecular flexibility index (Phi) is 3.58. The van der Waals surface area contributed by atoms with Crippen LogP contribution in [0.3, 0.4) is 0 Å². The molecule has 0 saturated carbocycles. The lowest BCUT2D eigenvalue weighted by Gasteiger charge is -2.45. The zero-order chi connectivity index (χ0) is 13.2. The standard InChI is InChI=1S/C16H24N2/c1-15(2)10-14(11-16(3,4)18-15)17-12-13-8-6-5-7-9-13/h5-9,12,14,18H,10-11H2,1-4H3. The van der Waals surface area contributed by atoms with Crippen LogP contribution in [0, 0.1) is 0 Å². The molecule has 2 nitrogen and oxygen atoms in total. The molecule has 0 spiro atoms. The van der Waals surface area contributed by atoms with Crippen molar-refractivity contribution in [3.8, 4) is 0 Å². The number of hydrogen-bond donors (Lipinski definition) is 1. The van der Waals surface area contributed by atoms with Crippen LogP contribution in [0.2, 0.25) is 0 Å². The van der Waals surface area contributed by atoms with Gasteiger partial charge in [-0.2, -0.15) is 0 Å². The van der Waals surface area contributed by atoms with Gasteiger partial charge in [-0.3, -0.25) is 4.99 Å². The van der Waals surface area contributed by atoms with Crippen molar-refractivity contribution in [3.63, 3.8) is 0 Å². The Labute approximate surface area is 111 Å². The van der Waals surface area contributed by atoms with E-state index in [1.54, 1.807) is 0 Å². The lowest BCUT2D eigenvalue weighted by Crippen LogP contribution is -2.58. The number of benzene rings is 1. The van der Waals surface area contributed by atoms with Crippen molar-refractivity contribution in [1.29, 1.82) is 0 Å². The summed E-state index contributed by atoms with van der Waals surface area (Å²) in [4.78, 5) is 4.78. The van der Waals surface area contributed by atoms with E-state index in [1.807, 2.05) is 12.3 Å². The van der Waals surface area contributed by atoms with E-state index in [4.69, 9.17) is 4.99 Å². The zero-order valence-corrected chi connectivity index (χ0v) is 11.9. The summed E-state index contributed by atoms with van der Waals surface area (Å²) >= 11 is 0. The van der Waals surface area contributed by atoms with Gasteiger partial charge in [-0.15, -0.1) is 0 Å². The average molecular weight is 244 g/mol. The summed E-state index contributed by atoms with van der Waals surface area (Å²) in [6, 6.07) is 10.8. The Morgan fingerprint density at radius 3 is 2.17 bits per heavy atom. The first-order valence-electron chi connectivity index (χ1n) is 6.74. The van der Waals surface area contributed by atoms with Crippen molar-refractivity contribution in [2.45, 2.75) is 57.7 Å². The zero-order valence-electron chi connectivity index (χ0n) is 11.9. The Bertz CT molecular complexity index is 402. The molecule has 1 fully saturated rings. The van der Waals surface area contributed by atoms with Gasteiger partial charge in [0.05, 0.1) is 6.04 Å². The van der Waals surface area contributed by atoms with Gasteiger partial charge in [-0.05, 0) is 46.1 Å². The number of aliphatic imine (C=N–C) groups is 1. The van der Waals surface area contributed by atoms with E-state index in [-0.39, 0.29) is 11.1 Å². The highest BCUT2D eigenvalue weighted by Gasteiger charge is 2.37. The molecule has 0 unspecified atom stereocenters. The first kappa shape index (κ1) is 13.3. The molecular formula is C16H24N2. The van der Waals surface area contributed by atoms with Crippen LogP contribution in [0.5, 0.6) is 0 Å². The maximum Gasteiger partial charge on any atom is 0.0534 e. The third-order valence-corrected chi connectivity index (χ3v) is 3.40. The number of hydrogen-bond acceptors (Lipinski definition) is 2. The van der Waals surface area contributed by atoms with Crippen LogP contribution in [-0.2, 0) is 0 Å². The maximum atomic E-state index is 4.78. The molecule has 1 N–H and O–H groups in total. The van der Waals surface area contributed by atoms with Crippen LogP contribution in [0.15, 0.2) is 35.3 Å². The lowest BCUT2D eigenvalue weighted by molar-refractivity contribution is 0.164. The van der Waals surface area contributed by atoms with Crippen molar-refractivity contribution in [2.75, 3.05) is 0 Å². The van der Waals surface area contributed by atoms with Gasteiger partial charge in [0.2, 0.25) is 0 Å². The van der Waals surface area contributed by atoms with Gasteiger partial charge in [-0.25, -0.2) is 0 Å². The molecule has 1 heterocycles. The molecule has 1 aliphatic rings. The van der Waals surface area contributed by atoms with Gasteiger partial charge >= 0.3 is 0 Å². The fraction of sp³-hybridized carbons (Fsp3) is 0.562. The van der Waals surface area contributed by atoms with Gasteiger partial charge in [-0.1, -0.05) is 30.3 Å². The van der Waals surface area contributed by atoms with E-state index in [9.17, 15) is 0 Å². The molecule has 18 heavy (non-hydrogen) atoms. The van der Waals surface area contributed by atoms with Crippen molar-refractivity contribution in [2.24, 2.45) is 4.99 Å². The highest BCUT2D eigenvalue weighted by atomic mass is 15.1. The summed E-state index contributed by atoms with van der Waals surface area (Å²) in [6.07, 6.45) is 4.21. The van der Waals surface area contributed by atoms with Crippen molar-refractivity contribution in [3.05, 3.63) is 35.9 Å². The highest BCUT2D eigenvalue weighted by molar-refractivity contribution is 5.79. The quantitative estimate of drug-likeness (QED) is 0.792. The van der Waals surface area contributed by atoms with E-state index in [0.29, 0.717) is 6.04 Å². The molecule has 0 radical (unpaired) electrons. The number of nitrogens with zero attached hydrogens (tertiary/aromatic N) is 1. The predicted molar refractivity (Wildman–Crippen MR) is 78.4 cm³/mol. The average Bonchev–Trinajstić information content (AvgIpc) is 2.24. The second-order valence-corrected chi connectivity index (χ2v) is 6.64. The maximum absolute atomic E-state index is 4.78. The van der Waals surface area contributed by atoms with Crippen LogP contribution in [0.25, 0.3) is 0 Å². The van der Waals surface area contributed by atoms with E-state index in [1.165, 1.54) is 5.56 Å². The summed E-state index contributed by atoms with van der Waals surface area (Å²) in [7, 11) is 0. The van der Waals surface area contributed by atoms with Crippen molar-refractivity contribution >= 4 is 6.21 Å². The first-order valence-corrected chi connectivity index (χ1v) is 6.74. The molecule has 2 heteroatoms. The van der Waals surface area contributed by atoms with Gasteiger partial charge in [0.15, 0.2) is 0 Å². The molecule has 0 amide bonds. The summed E-state index contributed by atoms with van der Waals surface area (Å²) in [5, 5.41) is 3.69.